The Morgan fingerprint density at radius 2 is 1.68 bits per heavy atom. The Morgan fingerprint density at radius 3 is 2.29 bits per heavy atom. The molecule has 2 aromatic heterocycles. The van der Waals surface area contributed by atoms with E-state index in [1.807, 2.05) is 56.0 Å². The minimum Gasteiger partial charge on any atom is -0.355 e. The van der Waals surface area contributed by atoms with Crippen molar-refractivity contribution in [1.29, 1.82) is 0 Å². The Hall–Kier alpha value is -3.19. The highest BCUT2D eigenvalue weighted by atomic mass is 16.2. The summed E-state index contributed by atoms with van der Waals surface area (Å²) in [6, 6.07) is 9.39. The first-order chi connectivity index (χ1) is 14.8. The van der Waals surface area contributed by atoms with Crippen LogP contribution in [0.5, 0.6) is 0 Å². The number of nitrogens with zero attached hydrogens (tertiary/aromatic N) is 2. The lowest BCUT2D eigenvalue weighted by Gasteiger charge is -2.37. The molecule has 31 heavy (non-hydrogen) atoms. The second kappa shape index (κ2) is 8.15. The van der Waals surface area contributed by atoms with E-state index in [1.54, 1.807) is 0 Å². The first kappa shape index (κ1) is 21.1. The number of H-pyrrole nitrogens is 2. The number of nitrogens with one attached hydrogen (secondary N) is 2. The molecule has 162 valence electrons. The summed E-state index contributed by atoms with van der Waals surface area (Å²) >= 11 is 0. The van der Waals surface area contributed by atoms with Crippen molar-refractivity contribution < 1.29 is 14.4 Å². The second-order valence-electron chi connectivity index (χ2n) is 8.32. The van der Waals surface area contributed by atoms with Gasteiger partial charge in [0.1, 0.15) is 5.69 Å². The lowest BCUT2D eigenvalue weighted by Crippen LogP contribution is -2.53. The molecule has 7 nitrogen and oxygen atoms in total. The van der Waals surface area contributed by atoms with Gasteiger partial charge in [-0.25, -0.2) is 0 Å². The Bertz CT molecular complexity index is 1130. The summed E-state index contributed by atoms with van der Waals surface area (Å²) in [5, 5.41) is 1.02. The van der Waals surface area contributed by atoms with Gasteiger partial charge < -0.3 is 14.9 Å². The van der Waals surface area contributed by atoms with E-state index in [1.165, 1.54) is 6.92 Å². The fraction of sp³-hybridized carbons (Fsp3) is 0.375. The molecule has 0 spiro atoms. The fourth-order valence-electron chi connectivity index (χ4n) is 4.57. The quantitative estimate of drug-likeness (QED) is 0.620. The van der Waals surface area contributed by atoms with Gasteiger partial charge in [0, 0.05) is 48.3 Å². The molecule has 1 atom stereocenters. The Kier molecular flexibility index (Phi) is 5.54. The molecule has 0 bridgehead atoms. The number of carbonyl (C=O) groups excluding carboxylic acids is 3. The zero-order chi connectivity index (χ0) is 22.3. The molecule has 1 aliphatic rings. The molecule has 1 amide bonds. The molecule has 0 saturated carbocycles. The van der Waals surface area contributed by atoms with Gasteiger partial charge in [-0.3, -0.25) is 19.3 Å². The number of para-hydroxylation sites is 1. The maximum absolute atomic E-state index is 13.1. The van der Waals surface area contributed by atoms with E-state index in [9.17, 15) is 14.4 Å². The van der Waals surface area contributed by atoms with Gasteiger partial charge in [-0.15, -0.1) is 0 Å². The minimum atomic E-state index is -0.332. The first-order valence-electron chi connectivity index (χ1n) is 10.6. The highest BCUT2D eigenvalue weighted by molar-refractivity contribution is 6.05. The van der Waals surface area contributed by atoms with Gasteiger partial charge in [0.15, 0.2) is 11.6 Å². The summed E-state index contributed by atoms with van der Waals surface area (Å²) in [6.45, 7) is 9.41. The number of fused-ring (bicyclic) bond motifs is 1. The van der Waals surface area contributed by atoms with Gasteiger partial charge in [-0.05, 0) is 45.4 Å². The van der Waals surface area contributed by atoms with Crippen LogP contribution in [0.2, 0.25) is 0 Å². The molecule has 1 aliphatic heterocycles. The number of aryl methyl sites for hydroxylation is 1. The topological polar surface area (TPSA) is 89.3 Å². The van der Waals surface area contributed by atoms with Gasteiger partial charge in [-0.2, -0.15) is 0 Å². The first-order valence-corrected chi connectivity index (χ1v) is 10.6. The largest absolute Gasteiger partial charge is 0.355 e. The van der Waals surface area contributed by atoms with Crippen molar-refractivity contribution in [3.8, 4) is 0 Å². The highest BCUT2D eigenvalue weighted by Gasteiger charge is 2.31. The summed E-state index contributed by atoms with van der Waals surface area (Å²) in [4.78, 5) is 48.2. The number of piperazine rings is 1. The van der Waals surface area contributed by atoms with E-state index in [2.05, 4.69) is 14.9 Å². The standard InChI is InChI=1S/C24H28N4O3/c1-14-21(17(4)29)15(2)25-22(14)23(30)16(3)27-9-11-28(12-10-27)24(31)20-13-18-7-5-6-8-19(18)26-20/h5-8,13,16,25-26H,9-12H2,1-4H3. The van der Waals surface area contributed by atoms with Crippen molar-refractivity contribution in [3.05, 3.63) is 58.5 Å². The SMILES string of the molecule is CC(=O)c1c(C)[nH]c(C(=O)C(C)N2CCN(C(=O)c3cc4ccccc4[nH]3)CC2)c1C. The van der Waals surface area contributed by atoms with E-state index < -0.39 is 0 Å². The molecule has 4 rings (SSSR count). The number of rotatable bonds is 5. The van der Waals surface area contributed by atoms with Crippen LogP contribution in [-0.4, -0.2) is 69.5 Å². The zero-order valence-corrected chi connectivity index (χ0v) is 18.4. The number of aromatic amines is 2. The molecular formula is C24H28N4O3. The summed E-state index contributed by atoms with van der Waals surface area (Å²) in [5.41, 5.74) is 4.10. The number of hydrogen-bond donors (Lipinski definition) is 2. The van der Waals surface area contributed by atoms with E-state index in [0.29, 0.717) is 43.1 Å². The fourth-order valence-corrected chi connectivity index (χ4v) is 4.57. The number of benzene rings is 1. The van der Waals surface area contributed by atoms with Crippen molar-refractivity contribution >= 4 is 28.4 Å². The van der Waals surface area contributed by atoms with Crippen LogP contribution in [-0.2, 0) is 0 Å². The predicted octanol–water partition coefficient (Wildman–Crippen LogP) is 3.34. The monoisotopic (exact) mass is 420 g/mol. The molecule has 1 fully saturated rings. The molecule has 2 N–H and O–H groups in total. The second-order valence-corrected chi connectivity index (χ2v) is 8.32. The smallest absolute Gasteiger partial charge is 0.270 e. The van der Waals surface area contributed by atoms with E-state index in [4.69, 9.17) is 0 Å². The van der Waals surface area contributed by atoms with Crippen LogP contribution in [0.4, 0.5) is 0 Å². The van der Waals surface area contributed by atoms with Crippen LogP contribution < -0.4 is 0 Å². The maximum atomic E-state index is 13.1. The third-order valence-electron chi connectivity index (χ3n) is 6.32. The summed E-state index contributed by atoms with van der Waals surface area (Å²) in [7, 11) is 0. The number of hydrogen-bond acceptors (Lipinski definition) is 4. The highest BCUT2D eigenvalue weighted by Crippen LogP contribution is 2.22. The van der Waals surface area contributed by atoms with E-state index >= 15 is 0 Å². The maximum Gasteiger partial charge on any atom is 0.270 e. The molecule has 3 aromatic rings. The number of amides is 1. The van der Waals surface area contributed by atoms with Gasteiger partial charge in [-0.1, -0.05) is 18.2 Å². The average Bonchev–Trinajstić information content (AvgIpc) is 3.32. The average molecular weight is 421 g/mol. The number of Topliss-reactive ketones (excluding diaryl/α,β-unsaturated/α-hetero) is 2. The number of ketones is 2. The van der Waals surface area contributed by atoms with Crippen LogP contribution in [0.3, 0.4) is 0 Å². The minimum absolute atomic E-state index is 0.0169. The molecule has 0 radical (unpaired) electrons. The zero-order valence-electron chi connectivity index (χ0n) is 18.4. The summed E-state index contributed by atoms with van der Waals surface area (Å²) < 4.78 is 0. The normalized spacial score (nSPS) is 15.9. The Morgan fingerprint density at radius 1 is 1.00 bits per heavy atom. The van der Waals surface area contributed by atoms with Crippen LogP contribution in [0.25, 0.3) is 10.9 Å². The van der Waals surface area contributed by atoms with Gasteiger partial charge in [0.25, 0.3) is 5.91 Å². The van der Waals surface area contributed by atoms with E-state index in [0.717, 1.165) is 22.2 Å². The molecular weight excluding hydrogens is 392 g/mol. The van der Waals surface area contributed by atoms with Gasteiger partial charge in [0.05, 0.1) is 11.7 Å². The van der Waals surface area contributed by atoms with Crippen LogP contribution in [0, 0.1) is 13.8 Å². The van der Waals surface area contributed by atoms with Crippen molar-refractivity contribution in [3.63, 3.8) is 0 Å². The molecule has 1 unspecified atom stereocenters. The molecule has 3 heterocycles. The molecule has 7 heteroatoms. The van der Waals surface area contributed by atoms with Crippen LogP contribution >= 0.6 is 0 Å². The van der Waals surface area contributed by atoms with Crippen LogP contribution in [0.1, 0.15) is 56.4 Å². The summed E-state index contributed by atoms with van der Waals surface area (Å²) in [6.07, 6.45) is 0. The van der Waals surface area contributed by atoms with Gasteiger partial charge in [0.2, 0.25) is 0 Å². The number of aromatic nitrogens is 2. The summed E-state index contributed by atoms with van der Waals surface area (Å²) in [5.74, 6) is -0.0812. The van der Waals surface area contributed by atoms with Crippen molar-refractivity contribution in [2.24, 2.45) is 0 Å². The van der Waals surface area contributed by atoms with Gasteiger partial charge >= 0.3 is 0 Å². The Balaban J connectivity index is 1.42. The van der Waals surface area contributed by atoms with Crippen molar-refractivity contribution in [2.75, 3.05) is 26.2 Å². The molecule has 1 aromatic carbocycles. The number of carbonyl (C=O) groups is 3. The predicted molar refractivity (Wildman–Crippen MR) is 120 cm³/mol. The van der Waals surface area contributed by atoms with E-state index in [-0.39, 0.29) is 23.5 Å². The van der Waals surface area contributed by atoms with Crippen molar-refractivity contribution in [2.45, 2.75) is 33.7 Å². The third-order valence-corrected chi connectivity index (χ3v) is 6.32. The lowest BCUT2D eigenvalue weighted by molar-refractivity contribution is 0.0546. The molecule has 0 aliphatic carbocycles. The Labute approximate surface area is 181 Å². The third kappa shape index (κ3) is 3.81. The lowest BCUT2D eigenvalue weighted by atomic mass is 10.0. The van der Waals surface area contributed by atoms with Crippen LogP contribution in [0.15, 0.2) is 30.3 Å². The molecule has 1 saturated heterocycles. The van der Waals surface area contributed by atoms with Crippen molar-refractivity contribution in [1.82, 2.24) is 19.8 Å².